The van der Waals surface area contributed by atoms with Crippen LogP contribution in [0.1, 0.15) is 31.4 Å². The first-order valence-corrected chi connectivity index (χ1v) is 10.6. The van der Waals surface area contributed by atoms with Crippen molar-refractivity contribution in [2.75, 3.05) is 10.6 Å². The summed E-state index contributed by atoms with van der Waals surface area (Å²) < 4.78 is 32.7. The Hall–Kier alpha value is -3.67. The SMILES string of the molecule is C[C@@H](OC(=O)Nc1c(-c2ccc(NC(=O)C3CC(F)(F)C3)cn2)nnn1C)c1cccnc1Cl. The number of carbonyl (C=O) groups excluding carboxylic acids is 2. The smallest absolute Gasteiger partial charge is 0.413 e. The van der Waals surface area contributed by atoms with Crippen LogP contribution >= 0.6 is 11.6 Å². The fourth-order valence-corrected chi connectivity index (χ4v) is 3.69. The Morgan fingerprint density at radius 2 is 2.00 bits per heavy atom. The van der Waals surface area contributed by atoms with Crippen LogP contribution in [-0.4, -0.2) is 42.9 Å². The van der Waals surface area contributed by atoms with Gasteiger partial charge in [0.05, 0.1) is 17.6 Å². The van der Waals surface area contributed by atoms with E-state index in [0.29, 0.717) is 16.9 Å². The number of alkyl halides is 2. The number of carbonyl (C=O) groups is 2. The van der Waals surface area contributed by atoms with E-state index in [1.165, 1.54) is 17.1 Å². The summed E-state index contributed by atoms with van der Waals surface area (Å²) in [6.07, 6.45) is 0.554. The van der Waals surface area contributed by atoms with E-state index in [1.54, 1.807) is 38.2 Å². The number of aryl methyl sites for hydroxylation is 1. The molecule has 4 rings (SSSR count). The van der Waals surface area contributed by atoms with Gasteiger partial charge in [-0.25, -0.2) is 23.2 Å². The molecule has 1 aliphatic rings. The predicted molar refractivity (Wildman–Crippen MR) is 118 cm³/mol. The third-order valence-corrected chi connectivity index (χ3v) is 5.61. The molecule has 1 saturated carbocycles. The Labute approximate surface area is 197 Å². The highest BCUT2D eigenvalue weighted by Crippen LogP contribution is 2.42. The number of hydrogen-bond donors (Lipinski definition) is 2. The molecule has 1 atom stereocenters. The summed E-state index contributed by atoms with van der Waals surface area (Å²) in [7, 11) is 1.58. The summed E-state index contributed by atoms with van der Waals surface area (Å²) >= 11 is 6.05. The number of hydrogen-bond acceptors (Lipinski definition) is 7. The lowest BCUT2D eigenvalue weighted by molar-refractivity contribution is -0.145. The van der Waals surface area contributed by atoms with E-state index >= 15 is 0 Å². The summed E-state index contributed by atoms with van der Waals surface area (Å²) in [5.41, 5.74) is 1.53. The van der Waals surface area contributed by atoms with E-state index in [9.17, 15) is 18.4 Å². The Kier molecular flexibility index (Phi) is 6.42. The number of halogens is 3. The van der Waals surface area contributed by atoms with Crippen LogP contribution in [0.5, 0.6) is 0 Å². The first-order chi connectivity index (χ1) is 16.1. The van der Waals surface area contributed by atoms with Crippen LogP contribution in [0.4, 0.5) is 25.1 Å². The minimum atomic E-state index is -2.78. The van der Waals surface area contributed by atoms with Gasteiger partial charge in [-0.3, -0.25) is 15.1 Å². The second kappa shape index (κ2) is 9.29. The molecule has 2 N–H and O–H groups in total. The van der Waals surface area contributed by atoms with Gasteiger partial charge in [0.25, 0.3) is 0 Å². The van der Waals surface area contributed by atoms with Crippen molar-refractivity contribution in [2.24, 2.45) is 13.0 Å². The number of rotatable bonds is 6. The zero-order valence-corrected chi connectivity index (χ0v) is 18.9. The molecule has 3 aromatic rings. The zero-order valence-electron chi connectivity index (χ0n) is 18.1. The fraction of sp³-hybridized carbons (Fsp3) is 0.333. The van der Waals surface area contributed by atoms with Gasteiger partial charge in [-0.05, 0) is 25.1 Å². The van der Waals surface area contributed by atoms with Crippen LogP contribution in [0.2, 0.25) is 5.15 Å². The summed E-state index contributed by atoms with van der Waals surface area (Å²) in [5, 5.41) is 13.3. The van der Waals surface area contributed by atoms with Crippen molar-refractivity contribution in [2.45, 2.75) is 31.8 Å². The van der Waals surface area contributed by atoms with Crippen molar-refractivity contribution in [1.29, 1.82) is 0 Å². The average molecular weight is 492 g/mol. The van der Waals surface area contributed by atoms with Crippen LogP contribution in [0.25, 0.3) is 11.4 Å². The third-order valence-electron chi connectivity index (χ3n) is 5.29. The Morgan fingerprint density at radius 1 is 1.24 bits per heavy atom. The highest BCUT2D eigenvalue weighted by Gasteiger charge is 2.48. The first kappa shape index (κ1) is 23.5. The van der Waals surface area contributed by atoms with E-state index in [1.807, 2.05) is 0 Å². The number of nitrogens with zero attached hydrogens (tertiary/aromatic N) is 5. The number of anilines is 2. The highest BCUT2D eigenvalue weighted by molar-refractivity contribution is 6.30. The first-order valence-electron chi connectivity index (χ1n) is 10.3. The standard InChI is InChI=1S/C21H20ClF2N7O3/c1-11(14-4-3-7-25-17(14)22)34-20(33)28-18-16(29-30-31(18)2)15-6-5-13(10-26-15)27-19(32)12-8-21(23,24)9-12/h3-7,10-12H,8-9H2,1-2H3,(H,27,32)(H,28,33)/t11-/m1/s1. The minimum Gasteiger partial charge on any atom is -0.441 e. The molecule has 0 aliphatic heterocycles. The number of pyridine rings is 2. The summed E-state index contributed by atoms with van der Waals surface area (Å²) in [6, 6.07) is 6.50. The molecule has 0 radical (unpaired) electrons. The zero-order chi connectivity index (χ0) is 24.5. The number of aromatic nitrogens is 5. The lowest BCUT2D eigenvalue weighted by atomic mass is 9.81. The van der Waals surface area contributed by atoms with Crippen LogP contribution in [-0.2, 0) is 16.6 Å². The lowest BCUT2D eigenvalue weighted by Gasteiger charge is -2.33. The number of nitrogens with one attached hydrogen (secondary N) is 2. The summed E-state index contributed by atoms with van der Waals surface area (Å²) in [5.74, 6) is -3.74. The van der Waals surface area contributed by atoms with Gasteiger partial charge in [-0.2, -0.15) is 0 Å². The van der Waals surface area contributed by atoms with Gasteiger partial charge >= 0.3 is 6.09 Å². The third kappa shape index (κ3) is 5.11. The summed E-state index contributed by atoms with van der Waals surface area (Å²) in [4.78, 5) is 32.7. The fourth-order valence-electron chi connectivity index (χ4n) is 3.42. The normalized spacial score (nSPS) is 15.8. The van der Waals surface area contributed by atoms with E-state index in [2.05, 4.69) is 30.9 Å². The molecule has 0 bridgehead atoms. The van der Waals surface area contributed by atoms with Gasteiger partial charge in [-0.15, -0.1) is 5.10 Å². The van der Waals surface area contributed by atoms with Crippen molar-refractivity contribution in [1.82, 2.24) is 25.0 Å². The highest BCUT2D eigenvalue weighted by atomic mass is 35.5. The molecule has 0 spiro atoms. The van der Waals surface area contributed by atoms with Crippen LogP contribution < -0.4 is 10.6 Å². The molecule has 34 heavy (non-hydrogen) atoms. The number of amides is 2. The average Bonchev–Trinajstić information content (AvgIpc) is 3.12. The molecule has 3 heterocycles. The van der Waals surface area contributed by atoms with E-state index in [0.717, 1.165) is 0 Å². The van der Waals surface area contributed by atoms with Crippen LogP contribution in [0.3, 0.4) is 0 Å². The second-order valence-electron chi connectivity index (χ2n) is 7.85. The molecule has 1 fully saturated rings. The van der Waals surface area contributed by atoms with Crippen molar-refractivity contribution >= 4 is 35.1 Å². The molecule has 1 aliphatic carbocycles. The van der Waals surface area contributed by atoms with Gasteiger partial charge in [0.2, 0.25) is 11.8 Å². The van der Waals surface area contributed by atoms with E-state index < -0.39 is 42.8 Å². The van der Waals surface area contributed by atoms with Gasteiger partial charge < -0.3 is 10.1 Å². The molecule has 0 unspecified atom stereocenters. The Balaban J connectivity index is 1.41. The predicted octanol–water partition coefficient (Wildman–Crippen LogP) is 4.22. The largest absolute Gasteiger partial charge is 0.441 e. The van der Waals surface area contributed by atoms with Crippen molar-refractivity contribution in [3.8, 4) is 11.4 Å². The van der Waals surface area contributed by atoms with Gasteiger partial charge in [-0.1, -0.05) is 22.9 Å². The Bertz CT molecular complexity index is 1210. The van der Waals surface area contributed by atoms with Crippen molar-refractivity contribution in [3.05, 3.63) is 47.4 Å². The van der Waals surface area contributed by atoms with Crippen LogP contribution in [0.15, 0.2) is 36.7 Å². The molecule has 13 heteroatoms. The lowest BCUT2D eigenvalue weighted by Crippen LogP contribution is -2.42. The molecule has 3 aromatic heterocycles. The van der Waals surface area contributed by atoms with Gasteiger partial charge in [0.15, 0.2) is 11.5 Å². The maximum atomic E-state index is 13.0. The van der Waals surface area contributed by atoms with Gasteiger partial charge in [0, 0.05) is 37.6 Å². The Morgan fingerprint density at radius 3 is 2.65 bits per heavy atom. The molecule has 178 valence electrons. The maximum absolute atomic E-state index is 13.0. The maximum Gasteiger partial charge on any atom is 0.413 e. The molecular weight excluding hydrogens is 472 g/mol. The monoisotopic (exact) mass is 491 g/mol. The van der Waals surface area contributed by atoms with E-state index in [-0.39, 0.29) is 16.7 Å². The quantitative estimate of drug-likeness (QED) is 0.495. The molecular formula is C21H20ClF2N7O3. The second-order valence-corrected chi connectivity index (χ2v) is 8.21. The van der Waals surface area contributed by atoms with E-state index in [4.69, 9.17) is 16.3 Å². The van der Waals surface area contributed by atoms with Gasteiger partial charge in [0.1, 0.15) is 11.3 Å². The molecule has 10 nitrogen and oxygen atoms in total. The number of ether oxygens (including phenoxy) is 1. The van der Waals surface area contributed by atoms with Crippen molar-refractivity contribution in [3.63, 3.8) is 0 Å². The molecule has 2 amide bonds. The minimum absolute atomic E-state index is 0.230. The topological polar surface area (TPSA) is 124 Å². The van der Waals surface area contributed by atoms with Crippen LogP contribution in [0, 0.1) is 5.92 Å². The molecule has 0 aromatic carbocycles. The molecule has 0 saturated heterocycles. The van der Waals surface area contributed by atoms with Crippen molar-refractivity contribution < 1.29 is 23.1 Å². The summed E-state index contributed by atoms with van der Waals surface area (Å²) in [6.45, 7) is 1.66.